The van der Waals surface area contributed by atoms with Crippen molar-refractivity contribution in [2.45, 2.75) is 31.2 Å². The van der Waals surface area contributed by atoms with E-state index in [0.717, 1.165) is 5.56 Å². The van der Waals surface area contributed by atoms with Crippen LogP contribution in [-0.2, 0) is 38.6 Å². The second-order valence-electron chi connectivity index (χ2n) is 6.28. The van der Waals surface area contributed by atoms with Crippen LogP contribution in [0.25, 0.3) is 0 Å². The average Bonchev–Trinajstić information content (AvgIpc) is 2.91. The van der Waals surface area contributed by atoms with Gasteiger partial charge in [0, 0.05) is 20.6 Å². The van der Waals surface area contributed by atoms with Crippen molar-refractivity contribution >= 4 is 35.8 Å². The van der Waals surface area contributed by atoms with E-state index in [-0.39, 0.29) is 6.29 Å². The summed E-state index contributed by atoms with van der Waals surface area (Å²) in [6.45, 7) is 1.27. The van der Waals surface area contributed by atoms with Crippen LogP contribution < -0.4 is 14.8 Å². The molecule has 1 aliphatic heterocycles. The third-order valence-corrected chi connectivity index (χ3v) is 8.21. The van der Waals surface area contributed by atoms with Crippen LogP contribution in [0.15, 0.2) is 18.2 Å². The molecule has 2 unspecified atom stereocenters. The zero-order chi connectivity index (χ0) is 19.5. The normalized spacial score (nSPS) is 17.9. The number of hydrogen-bond acceptors (Lipinski definition) is 7. The van der Waals surface area contributed by atoms with Crippen molar-refractivity contribution in [2.75, 3.05) is 20.5 Å². The standard InChI is InChI=1S/C15H23N2O6PS2/c1-15(2)8-10-6-5-7-11(12(10)23-15)13(17-14(18)19)26(20)16-9-24(25,21-3)22-4/h5-7,13,16-17H,8-9H2,1-4H3,(H,18,19). The Hall–Kier alpha value is -0.870. The van der Waals surface area contributed by atoms with E-state index in [1.54, 1.807) is 12.1 Å². The number of benzene rings is 1. The molecule has 0 fully saturated rings. The largest absolute Gasteiger partial charge is 0.596 e. The Morgan fingerprint density at radius 3 is 2.73 bits per heavy atom. The molecule has 1 heterocycles. The molecule has 0 aromatic heterocycles. The van der Waals surface area contributed by atoms with Crippen molar-refractivity contribution in [1.29, 1.82) is 0 Å². The highest BCUT2D eigenvalue weighted by Crippen LogP contribution is 2.46. The van der Waals surface area contributed by atoms with Crippen molar-refractivity contribution in [2.24, 2.45) is 0 Å². The third kappa shape index (κ3) is 5.10. The van der Waals surface area contributed by atoms with E-state index in [0.29, 0.717) is 17.7 Å². The predicted octanol–water partition coefficient (Wildman–Crippen LogP) is 2.48. The highest BCUT2D eigenvalue weighted by Gasteiger charge is 2.38. The second-order valence-corrected chi connectivity index (χ2v) is 11.6. The van der Waals surface area contributed by atoms with Crippen LogP contribution in [0.3, 0.4) is 0 Å². The smallest absolute Gasteiger partial charge is 0.408 e. The highest BCUT2D eigenvalue weighted by atomic mass is 32.5. The van der Waals surface area contributed by atoms with Crippen LogP contribution in [0, 0.1) is 0 Å². The van der Waals surface area contributed by atoms with Gasteiger partial charge in [0.15, 0.2) is 0 Å². The minimum absolute atomic E-state index is 0.0289. The van der Waals surface area contributed by atoms with E-state index < -0.39 is 34.9 Å². The number of para-hydroxylation sites is 1. The number of carboxylic acid groups (broad SMARTS) is 1. The summed E-state index contributed by atoms with van der Waals surface area (Å²) in [5.41, 5.74) is 1.04. The van der Waals surface area contributed by atoms with Crippen molar-refractivity contribution in [3.05, 3.63) is 29.3 Å². The lowest BCUT2D eigenvalue weighted by atomic mass is 10.0. The Labute approximate surface area is 161 Å². The first kappa shape index (κ1) is 21.4. The first-order valence-corrected chi connectivity index (χ1v) is 11.8. The van der Waals surface area contributed by atoms with Gasteiger partial charge in [-0.2, -0.15) is 0 Å². The number of fused-ring (bicyclic) bond motifs is 1. The lowest BCUT2D eigenvalue weighted by Crippen LogP contribution is -2.40. The number of hydrogen-bond donors (Lipinski definition) is 3. The summed E-state index contributed by atoms with van der Waals surface area (Å²) in [5.74, 6) is 0.560. The highest BCUT2D eigenvalue weighted by molar-refractivity contribution is 8.10. The van der Waals surface area contributed by atoms with Gasteiger partial charge in [-0.05, 0) is 37.3 Å². The molecule has 0 bridgehead atoms. The van der Waals surface area contributed by atoms with Crippen molar-refractivity contribution in [3.8, 4) is 5.75 Å². The van der Waals surface area contributed by atoms with E-state index >= 15 is 0 Å². The molecule has 1 aromatic carbocycles. The number of nitrogens with one attached hydrogen (secondary N) is 2. The fourth-order valence-electron chi connectivity index (χ4n) is 2.63. The van der Waals surface area contributed by atoms with Crippen LogP contribution in [-0.4, -0.2) is 41.9 Å². The molecular weight excluding hydrogens is 399 g/mol. The van der Waals surface area contributed by atoms with Gasteiger partial charge in [-0.25, -0.2) is 4.79 Å². The number of carbonyl (C=O) groups is 1. The Morgan fingerprint density at radius 1 is 1.50 bits per heavy atom. The van der Waals surface area contributed by atoms with Crippen LogP contribution in [0.4, 0.5) is 4.79 Å². The molecule has 1 aromatic rings. The average molecular weight is 422 g/mol. The summed E-state index contributed by atoms with van der Waals surface area (Å²) in [5, 5.41) is 10.5. The predicted molar refractivity (Wildman–Crippen MR) is 103 cm³/mol. The molecule has 2 rings (SSSR count). The SMILES string of the molecule is COP(=S)(CN[S+]([O-])C(NC(=O)O)c1cccc2c1OC(C)(C)C2)OC. The van der Waals surface area contributed by atoms with E-state index in [2.05, 4.69) is 10.0 Å². The lowest BCUT2D eigenvalue weighted by molar-refractivity contribution is 0.137. The van der Waals surface area contributed by atoms with Crippen LogP contribution >= 0.6 is 6.49 Å². The Kier molecular flexibility index (Phi) is 6.95. The van der Waals surface area contributed by atoms with Crippen molar-refractivity contribution in [3.63, 3.8) is 0 Å². The van der Waals surface area contributed by atoms with E-state index in [1.807, 2.05) is 19.9 Å². The molecule has 0 aliphatic carbocycles. The summed E-state index contributed by atoms with van der Waals surface area (Å²) in [6.07, 6.45) is -0.580. The van der Waals surface area contributed by atoms with Crippen LogP contribution in [0.2, 0.25) is 0 Å². The molecule has 3 N–H and O–H groups in total. The molecule has 0 saturated carbocycles. The molecule has 146 valence electrons. The van der Waals surface area contributed by atoms with E-state index in [1.165, 1.54) is 14.2 Å². The maximum absolute atomic E-state index is 12.8. The summed E-state index contributed by atoms with van der Waals surface area (Å²) in [7, 11) is 2.84. The fraction of sp³-hybridized carbons (Fsp3) is 0.533. The lowest BCUT2D eigenvalue weighted by Gasteiger charge is -2.25. The first-order valence-electron chi connectivity index (χ1n) is 7.75. The second kappa shape index (κ2) is 8.43. The van der Waals surface area contributed by atoms with Gasteiger partial charge >= 0.3 is 6.09 Å². The molecular formula is C15H23N2O6PS2. The molecule has 0 saturated heterocycles. The van der Waals surface area contributed by atoms with Gasteiger partial charge < -0.3 is 23.4 Å². The van der Waals surface area contributed by atoms with Crippen molar-refractivity contribution < 1.29 is 28.2 Å². The maximum atomic E-state index is 12.8. The number of rotatable bonds is 8. The maximum Gasteiger partial charge on any atom is 0.408 e. The van der Waals surface area contributed by atoms with Gasteiger partial charge in [-0.3, -0.25) is 5.32 Å². The summed E-state index contributed by atoms with van der Waals surface area (Å²) >= 11 is 3.41. The molecule has 0 radical (unpaired) electrons. The first-order chi connectivity index (χ1) is 12.1. The summed E-state index contributed by atoms with van der Waals surface area (Å²) in [4.78, 5) is 11.3. The van der Waals surface area contributed by atoms with Crippen LogP contribution in [0.5, 0.6) is 5.75 Å². The minimum atomic E-state index is -2.61. The molecule has 0 spiro atoms. The summed E-state index contributed by atoms with van der Waals surface area (Å²) < 4.78 is 31.8. The van der Waals surface area contributed by atoms with Crippen molar-refractivity contribution in [1.82, 2.24) is 10.0 Å². The monoisotopic (exact) mass is 422 g/mol. The molecule has 26 heavy (non-hydrogen) atoms. The zero-order valence-electron chi connectivity index (χ0n) is 15.0. The van der Waals surface area contributed by atoms with E-state index in [4.69, 9.17) is 25.6 Å². The number of ether oxygens (including phenoxy) is 1. The van der Waals surface area contributed by atoms with Gasteiger partial charge in [-0.15, -0.1) is 4.72 Å². The fourth-order valence-corrected chi connectivity index (χ4v) is 5.45. The van der Waals surface area contributed by atoms with Gasteiger partial charge in [0.2, 0.25) is 11.9 Å². The van der Waals surface area contributed by atoms with Gasteiger partial charge in [0.1, 0.15) is 17.6 Å². The minimum Gasteiger partial charge on any atom is -0.596 e. The molecule has 11 heteroatoms. The quantitative estimate of drug-likeness (QED) is 0.433. The summed E-state index contributed by atoms with van der Waals surface area (Å²) in [6, 6.07) is 5.40. The van der Waals surface area contributed by atoms with Gasteiger partial charge in [-0.1, -0.05) is 12.1 Å². The molecule has 1 aliphatic rings. The Morgan fingerprint density at radius 2 is 2.15 bits per heavy atom. The molecule has 1 amide bonds. The Balaban J connectivity index is 2.28. The Bertz CT molecular complexity index is 709. The van der Waals surface area contributed by atoms with Gasteiger partial charge in [0.25, 0.3) is 0 Å². The third-order valence-electron chi connectivity index (χ3n) is 3.83. The zero-order valence-corrected chi connectivity index (χ0v) is 17.5. The topological polar surface area (TPSA) is 112 Å². The van der Waals surface area contributed by atoms with Crippen LogP contribution in [0.1, 0.15) is 30.3 Å². The molecule has 8 nitrogen and oxygen atoms in total. The van der Waals surface area contributed by atoms with E-state index in [9.17, 15) is 14.5 Å². The van der Waals surface area contributed by atoms with Gasteiger partial charge in [0.05, 0.1) is 16.9 Å². The number of amides is 1. The molecule has 2 atom stereocenters.